The number of ether oxygens (including phenoxy) is 1. The summed E-state index contributed by atoms with van der Waals surface area (Å²) in [5, 5.41) is 10.2. The van der Waals surface area contributed by atoms with E-state index in [-0.39, 0.29) is 5.56 Å². The smallest absolute Gasteiger partial charge is 0.336 e. The van der Waals surface area contributed by atoms with Crippen LogP contribution in [0.3, 0.4) is 0 Å². The second-order valence-corrected chi connectivity index (χ2v) is 7.17. The first-order valence-corrected chi connectivity index (χ1v) is 8.80. The molecule has 128 valence electrons. The summed E-state index contributed by atoms with van der Waals surface area (Å²) in [4.78, 5) is 16.3. The van der Waals surface area contributed by atoms with E-state index in [2.05, 4.69) is 34.8 Å². The number of benzene rings is 2. The van der Waals surface area contributed by atoms with E-state index < -0.39 is 5.97 Å². The quantitative estimate of drug-likeness (QED) is 0.623. The number of aromatic nitrogens is 1. The molecular weight excluding hydrogens is 382 g/mol. The molecule has 0 aliphatic heterocycles. The fraction of sp³-hybridized carbons (Fsp3) is 0.200. The number of rotatable bonds is 5. The van der Waals surface area contributed by atoms with E-state index in [1.807, 2.05) is 36.4 Å². The van der Waals surface area contributed by atoms with Crippen LogP contribution < -0.4 is 4.74 Å². The SMILES string of the molecule is CC(C)COc1cccc(-c2cc(C(=O)O)c3cc(Br)ccc3n2)c1. The van der Waals surface area contributed by atoms with Gasteiger partial charge in [-0.1, -0.05) is 41.9 Å². The molecule has 5 heteroatoms. The van der Waals surface area contributed by atoms with Gasteiger partial charge in [-0.05, 0) is 42.3 Å². The Morgan fingerprint density at radius 2 is 2.00 bits per heavy atom. The van der Waals surface area contributed by atoms with Gasteiger partial charge in [-0.3, -0.25) is 0 Å². The van der Waals surface area contributed by atoms with Crippen LogP contribution in [0.25, 0.3) is 22.2 Å². The highest BCUT2D eigenvalue weighted by Crippen LogP contribution is 2.29. The zero-order valence-electron chi connectivity index (χ0n) is 14.0. The molecule has 0 fully saturated rings. The van der Waals surface area contributed by atoms with Crippen molar-refractivity contribution in [2.24, 2.45) is 5.92 Å². The summed E-state index contributed by atoms with van der Waals surface area (Å²) in [5.74, 6) is 0.208. The number of hydrogen-bond acceptors (Lipinski definition) is 3. The monoisotopic (exact) mass is 399 g/mol. The Morgan fingerprint density at radius 3 is 2.72 bits per heavy atom. The predicted molar refractivity (Wildman–Crippen MR) is 102 cm³/mol. The van der Waals surface area contributed by atoms with Crippen LogP contribution in [0.1, 0.15) is 24.2 Å². The van der Waals surface area contributed by atoms with Crippen molar-refractivity contribution < 1.29 is 14.6 Å². The molecule has 4 nitrogen and oxygen atoms in total. The Labute approximate surface area is 154 Å². The van der Waals surface area contributed by atoms with Crippen molar-refractivity contribution in [1.82, 2.24) is 4.98 Å². The van der Waals surface area contributed by atoms with Gasteiger partial charge in [0.05, 0.1) is 23.4 Å². The second-order valence-electron chi connectivity index (χ2n) is 6.25. The summed E-state index contributed by atoms with van der Waals surface area (Å²) in [7, 11) is 0. The fourth-order valence-electron chi connectivity index (χ4n) is 2.53. The van der Waals surface area contributed by atoms with E-state index in [4.69, 9.17) is 4.74 Å². The van der Waals surface area contributed by atoms with Crippen LogP contribution in [-0.2, 0) is 0 Å². The Kier molecular flexibility index (Phi) is 5.04. The van der Waals surface area contributed by atoms with Crippen LogP contribution in [0, 0.1) is 5.92 Å². The third-order valence-corrected chi connectivity index (χ3v) is 4.21. The molecule has 2 aromatic carbocycles. The molecule has 3 aromatic rings. The van der Waals surface area contributed by atoms with E-state index in [0.717, 1.165) is 15.8 Å². The third-order valence-electron chi connectivity index (χ3n) is 3.71. The molecule has 0 radical (unpaired) electrons. The lowest BCUT2D eigenvalue weighted by Crippen LogP contribution is -2.04. The number of carboxylic acids is 1. The maximum Gasteiger partial charge on any atom is 0.336 e. The molecule has 0 bridgehead atoms. The van der Waals surface area contributed by atoms with Crippen LogP contribution in [0.2, 0.25) is 0 Å². The van der Waals surface area contributed by atoms with Crippen LogP contribution in [0.4, 0.5) is 0 Å². The predicted octanol–water partition coefficient (Wildman–Crippen LogP) is 5.40. The van der Waals surface area contributed by atoms with Gasteiger partial charge in [-0.15, -0.1) is 0 Å². The molecule has 3 rings (SSSR count). The molecule has 1 N–H and O–H groups in total. The molecule has 0 saturated carbocycles. The summed E-state index contributed by atoms with van der Waals surface area (Å²) < 4.78 is 6.58. The van der Waals surface area contributed by atoms with Crippen molar-refractivity contribution in [3.8, 4) is 17.0 Å². The van der Waals surface area contributed by atoms with Crippen molar-refractivity contribution in [3.63, 3.8) is 0 Å². The van der Waals surface area contributed by atoms with Crippen LogP contribution in [-0.4, -0.2) is 22.7 Å². The number of nitrogens with zero attached hydrogens (tertiary/aromatic N) is 1. The molecule has 25 heavy (non-hydrogen) atoms. The van der Waals surface area contributed by atoms with E-state index in [9.17, 15) is 9.90 Å². The van der Waals surface area contributed by atoms with Gasteiger partial charge in [-0.2, -0.15) is 0 Å². The summed E-state index contributed by atoms with van der Waals surface area (Å²) >= 11 is 3.38. The maximum atomic E-state index is 11.7. The Bertz CT molecular complexity index is 937. The lowest BCUT2D eigenvalue weighted by Gasteiger charge is -2.11. The van der Waals surface area contributed by atoms with E-state index in [0.29, 0.717) is 29.1 Å². The minimum Gasteiger partial charge on any atom is -0.493 e. The normalized spacial score (nSPS) is 11.0. The van der Waals surface area contributed by atoms with Crippen molar-refractivity contribution in [3.05, 3.63) is 58.6 Å². The topological polar surface area (TPSA) is 59.4 Å². The number of fused-ring (bicyclic) bond motifs is 1. The highest BCUT2D eigenvalue weighted by atomic mass is 79.9. The molecule has 0 saturated heterocycles. The van der Waals surface area contributed by atoms with Gasteiger partial charge < -0.3 is 9.84 Å². The number of pyridine rings is 1. The Morgan fingerprint density at radius 1 is 1.20 bits per heavy atom. The van der Waals surface area contributed by atoms with Crippen LogP contribution in [0.5, 0.6) is 5.75 Å². The minimum absolute atomic E-state index is 0.231. The molecule has 0 aliphatic rings. The molecule has 0 spiro atoms. The third kappa shape index (κ3) is 3.99. The average Bonchev–Trinajstić information content (AvgIpc) is 2.59. The van der Waals surface area contributed by atoms with Gasteiger partial charge in [0.15, 0.2) is 0 Å². The number of carboxylic acid groups (broad SMARTS) is 1. The molecule has 1 heterocycles. The van der Waals surface area contributed by atoms with E-state index >= 15 is 0 Å². The first-order valence-electron chi connectivity index (χ1n) is 8.01. The van der Waals surface area contributed by atoms with Crippen molar-refractivity contribution in [2.75, 3.05) is 6.61 Å². The Balaban J connectivity index is 2.08. The lowest BCUT2D eigenvalue weighted by atomic mass is 10.0. The summed E-state index contributed by atoms with van der Waals surface area (Å²) in [6.07, 6.45) is 0. The van der Waals surface area contributed by atoms with Gasteiger partial charge in [-0.25, -0.2) is 9.78 Å². The van der Waals surface area contributed by atoms with Crippen molar-refractivity contribution in [1.29, 1.82) is 0 Å². The Hall–Kier alpha value is -2.40. The molecule has 0 unspecified atom stereocenters. The summed E-state index contributed by atoms with van der Waals surface area (Å²) in [5.41, 5.74) is 2.32. The highest BCUT2D eigenvalue weighted by Gasteiger charge is 2.14. The molecule has 0 aliphatic carbocycles. The first-order chi connectivity index (χ1) is 11.9. The van der Waals surface area contributed by atoms with Gasteiger partial charge >= 0.3 is 5.97 Å². The second kappa shape index (κ2) is 7.23. The zero-order valence-corrected chi connectivity index (χ0v) is 15.6. The van der Waals surface area contributed by atoms with E-state index in [1.165, 1.54) is 0 Å². The van der Waals surface area contributed by atoms with Crippen molar-refractivity contribution >= 4 is 32.8 Å². The van der Waals surface area contributed by atoms with Crippen LogP contribution >= 0.6 is 15.9 Å². The molecule has 0 atom stereocenters. The van der Waals surface area contributed by atoms with Gasteiger partial charge in [0.1, 0.15) is 5.75 Å². The average molecular weight is 400 g/mol. The molecule has 1 aromatic heterocycles. The summed E-state index contributed by atoms with van der Waals surface area (Å²) in [6, 6.07) is 14.6. The van der Waals surface area contributed by atoms with Gasteiger partial charge in [0.25, 0.3) is 0 Å². The van der Waals surface area contributed by atoms with Crippen molar-refractivity contribution in [2.45, 2.75) is 13.8 Å². The van der Waals surface area contributed by atoms with Gasteiger partial charge in [0, 0.05) is 15.4 Å². The highest BCUT2D eigenvalue weighted by molar-refractivity contribution is 9.10. The van der Waals surface area contributed by atoms with Gasteiger partial charge in [0.2, 0.25) is 0 Å². The summed E-state index contributed by atoms with van der Waals surface area (Å²) in [6.45, 7) is 4.81. The number of aromatic carboxylic acids is 1. The van der Waals surface area contributed by atoms with Crippen LogP contribution in [0.15, 0.2) is 53.0 Å². The minimum atomic E-state index is -0.973. The van der Waals surface area contributed by atoms with E-state index in [1.54, 1.807) is 12.1 Å². The fourth-order valence-corrected chi connectivity index (χ4v) is 2.89. The largest absolute Gasteiger partial charge is 0.493 e. The number of hydrogen-bond donors (Lipinski definition) is 1. The standard InChI is InChI=1S/C20H18BrNO3/c1-12(2)11-25-15-5-3-4-13(8-15)19-10-17(20(23)24)16-9-14(21)6-7-18(16)22-19/h3-10,12H,11H2,1-2H3,(H,23,24). The molecular formula is C20H18BrNO3. The molecule has 0 amide bonds. The first kappa shape index (κ1) is 17.4. The zero-order chi connectivity index (χ0) is 18.0. The lowest BCUT2D eigenvalue weighted by molar-refractivity contribution is 0.0699. The maximum absolute atomic E-state index is 11.7. The number of halogens is 1. The number of carbonyl (C=O) groups is 1.